The van der Waals surface area contributed by atoms with E-state index in [2.05, 4.69) is 11.9 Å². The van der Waals surface area contributed by atoms with Gasteiger partial charge in [-0.15, -0.1) is 6.58 Å². The van der Waals surface area contributed by atoms with E-state index < -0.39 is 0 Å². The number of rotatable bonds is 9. The number of ketones is 1. The van der Waals surface area contributed by atoms with Crippen molar-refractivity contribution in [3.63, 3.8) is 0 Å². The maximum Gasteiger partial charge on any atom is 0.132 e. The number of piperidine rings is 1. The topological polar surface area (TPSA) is 29.1 Å². The fourth-order valence-electron chi connectivity index (χ4n) is 2.42. The number of Topliss-reactive ketones (excluding diaryl/α,β-unsaturated/α-hetero) is 1. The van der Waals surface area contributed by atoms with Gasteiger partial charge in [0.05, 0.1) is 0 Å². The number of allylic oxidation sites excluding steroid dienone is 1. The Balaban J connectivity index is 1.94. The fourth-order valence-corrected chi connectivity index (χ4v) is 2.42. The molecule has 1 rings (SSSR count). The van der Waals surface area contributed by atoms with Crippen LogP contribution >= 0.6 is 0 Å². The smallest absolute Gasteiger partial charge is 0.132 e. The molecule has 0 aliphatic carbocycles. The van der Waals surface area contributed by atoms with Crippen LogP contribution in [0, 0.1) is 0 Å². The summed E-state index contributed by atoms with van der Waals surface area (Å²) >= 11 is 0. The van der Waals surface area contributed by atoms with Crippen molar-refractivity contribution >= 4 is 5.78 Å². The highest BCUT2D eigenvalue weighted by molar-refractivity contribution is 5.78. The molecule has 1 unspecified atom stereocenters. The molecule has 0 bridgehead atoms. The first-order chi connectivity index (χ1) is 8.33. The SMILES string of the molecule is C=CCCCCCC(=O)CCC1CCCCN1. The molecule has 98 valence electrons. The number of hydrogen-bond donors (Lipinski definition) is 1. The Morgan fingerprint density at radius 1 is 1.24 bits per heavy atom. The summed E-state index contributed by atoms with van der Waals surface area (Å²) in [6.07, 6.45) is 12.9. The molecule has 1 heterocycles. The van der Waals surface area contributed by atoms with Crippen LogP contribution in [0.3, 0.4) is 0 Å². The zero-order valence-corrected chi connectivity index (χ0v) is 11.0. The van der Waals surface area contributed by atoms with E-state index in [1.165, 1.54) is 32.1 Å². The predicted octanol–water partition coefficient (Wildman–Crippen LogP) is 3.61. The van der Waals surface area contributed by atoms with Crippen LogP contribution in [0.5, 0.6) is 0 Å². The summed E-state index contributed by atoms with van der Waals surface area (Å²) in [5.41, 5.74) is 0. The van der Waals surface area contributed by atoms with E-state index in [4.69, 9.17) is 0 Å². The zero-order valence-electron chi connectivity index (χ0n) is 11.0. The number of carbonyl (C=O) groups is 1. The van der Waals surface area contributed by atoms with Gasteiger partial charge in [-0.25, -0.2) is 0 Å². The Hall–Kier alpha value is -0.630. The molecule has 0 aromatic carbocycles. The summed E-state index contributed by atoms with van der Waals surface area (Å²) in [6.45, 7) is 4.84. The Labute approximate surface area is 106 Å². The van der Waals surface area contributed by atoms with Crippen LogP contribution < -0.4 is 5.32 Å². The van der Waals surface area contributed by atoms with E-state index in [0.717, 1.165) is 38.6 Å². The highest BCUT2D eigenvalue weighted by Crippen LogP contribution is 2.13. The lowest BCUT2D eigenvalue weighted by Crippen LogP contribution is -2.34. The first-order valence-electron chi connectivity index (χ1n) is 7.19. The third kappa shape index (κ3) is 7.32. The molecule has 1 aliphatic rings. The molecule has 1 aliphatic heterocycles. The van der Waals surface area contributed by atoms with Gasteiger partial charge in [0.25, 0.3) is 0 Å². The van der Waals surface area contributed by atoms with Crippen molar-refractivity contribution in [2.24, 2.45) is 0 Å². The zero-order chi connectivity index (χ0) is 12.3. The largest absolute Gasteiger partial charge is 0.314 e. The molecule has 0 amide bonds. The fraction of sp³-hybridized carbons (Fsp3) is 0.800. The second kappa shape index (κ2) is 9.41. The van der Waals surface area contributed by atoms with Gasteiger partial charge in [-0.2, -0.15) is 0 Å². The minimum Gasteiger partial charge on any atom is -0.314 e. The number of nitrogens with one attached hydrogen (secondary N) is 1. The molecule has 0 aromatic heterocycles. The third-order valence-electron chi connectivity index (χ3n) is 3.55. The predicted molar refractivity (Wildman–Crippen MR) is 73.2 cm³/mol. The van der Waals surface area contributed by atoms with Crippen LogP contribution in [0.2, 0.25) is 0 Å². The van der Waals surface area contributed by atoms with E-state index in [0.29, 0.717) is 11.8 Å². The van der Waals surface area contributed by atoms with Crippen LogP contribution in [0.4, 0.5) is 0 Å². The van der Waals surface area contributed by atoms with Gasteiger partial charge < -0.3 is 5.32 Å². The molecule has 2 heteroatoms. The summed E-state index contributed by atoms with van der Waals surface area (Å²) in [5.74, 6) is 0.455. The van der Waals surface area contributed by atoms with E-state index in [9.17, 15) is 4.79 Å². The molecule has 1 saturated heterocycles. The highest BCUT2D eigenvalue weighted by atomic mass is 16.1. The molecule has 1 N–H and O–H groups in total. The summed E-state index contributed by atoms with van der Waals surface area (Å²) in [4.78, 5) is 11.7. The van der Waals surface area contributed by atoms with Gasteiger partial charge in [0, 0.05) is 18.9 Å². The van der Waals surface area contributed by atoms with E-state index in [1.54, 1.807) is 0 Å². The number of carbonyl (C=O) groups excluding carboxylic acids is 1. The summed E-state index contributed by atoms with van der Waals surface area (Å²) in [6, 6.07) is 0.605. The lowest BCUT2D eigenvalue weighted by atomic mass is 9.98. The average molecular weight is 237 g/mol. The van der Waals surface area contributed by atoms with Gasteiger partial charge in [-0.1, -0.05) is 18.9 Å². The molecular weight excluding hydrogens is 210 g/mol. The summed E-state index contributed by atoms with van der Waals surface area (Å²) in [7, 11) is 0. The van der Waals surface area contributed by atoms with E-state index in [-0.39, 0.29) is 0 Å². The lowest BCUT2D eigenvalue weighted by Gasteiger charge is -2.22. The van der Waals surface area contributed by atoms with Crippen LogP contribution in [-0.4, -0.2) is 18.4 Å². The Morgan fingerprint density at radius 3 is 2.82 bits per heavy atom. The minimum atomic E-state index is 0.455. The Morgan fingerprint density at radius 2 is 2.12 bits per heavy atom. The molecular formula is C15H27NO. The molecule has 0 saturated carbocycles. The van der Waals surface area contributed by atoms with Crippen molar-refractivity contribution in [1.82, 2.24) is 5.32 Å². The van der Waals surface area contributed by atoms with Crippen molar-refractivity contribution in [2.45, 2.75) is 70.3 Å². The van der Waals surface area contributed by atoms with Crippen molar-refractivity contribution in [2.75, 3.05) is 6.54 Å². The highest BCUT2D eigenvalue weighted by Gasteiger charge is 2.13. The normalized spacial score (nSPS) is 20.1. The van der Waals surface area contributed by atoms with Crippen LogP contribution in [-0.2, 0) is 4.79 Å². The van der Waals surface area contributed by atoms with Gasteiger partial charge in [-0.3, -0.25) is 4.79 Å². The maximum absolute atomic E-state index is 11.7. The van der Waals surface area contributed by atoms with Crippen molar-refractivity contribution in [3.8, 4) is 0 Å². The van der Waals surface area contributed by atoms with Crippen molar-refractivity contribution < 1.29 is 4.79 Å². The molecule has 1 fully saturated rings. The number of unbranched alkanes of at least 4 members (excludes halogenated alkanes) is 3. The standard InChI is InChI=1S/C15H27NO/c1-2-3-4-5-6-10-15(17)12-11-14-9-7-8-13-16-14/h2,14,16H,1,3-13H2. The first-order valence-corrected chi connectivity index (χ1v) is 7.19. The second-order valence-corrected chi connectivity index (χ2v) is 5.11. The summed E-state index contributed by atoms with van der Waals surface area (Å²) in [5, 5.41) is 3.50. The molecule has 2 nitrogen and oxygen atoms in total. The van der Waals surface area contributed by atoms with E-state index in [1.807, 2.05) is 6.08 Å². The third-order valence-corrected chi connectivity index (χ3v) is 3.55. The summed E-state index contributed by atoms with van der Waals surface area (Å²) < 4.78 is 0. The van der Waals surface area contributed by atoms with Crippen LogP contribution in [0.1, 0.15) is 64.2 Å². The molecule has 0 radical (unpaired) electrons. The molecule has 1 atom stereocenters. The molecule has 17 heavy (non-hydrogen) atoms. The second-order valence-electron chi connectivity index (χ2n) is 5.11. The van der Waals surface area contributed by atoms with Crippen molar-refractivity contribution in [1.29, 1.82) is 0 Å². The van der Waals surface area contributed by atoms with Gasteiger partial charge in [-0.05, 0) is 45.1 Å². The minimum absolute atomic E-state index is 0.455. The van der Waals surface area contributed by atoms with Gasteiger partial charge in [0.2, 0.25) is 0 Å². The van der Waals surface area contributed by atoms with Crippen LogP contribution in [0.15, 0.2) is 12.7 Å². The monoisotopic (exact) mass is 237 g/mol. The number of hydrogen-bond acceptors (Lipinski definition) is 2. The van der Waals surface area contributed by atoms with E-state index >= 15 is 0 Å². The molecule has 0 aromatic rings. The van der Waals surface area contributed by atoms with Crippen LogP contribution in [0.25, 0.3) is 0 Å². The quantitative estimate of drug-likeness (QED) is 0.490. The van der Waals surface area contributed by atoms with Gasteiger partial charge >= 0.3 is 0 Å². The van der Waals surface area contributed by atoms with Gasteiger partial charge in [0.15, 0.2) is 0 Å². The average Bonchev–Trinajstić information content (AvgIpc) is 2.37. The first kappa shape index (κ1) is 14.4. The van der Waals surface area contributed by atoms with Crippen molar-refractivity contribution in [3.05, 3.63) is 12.7 Å². The maximum atomic E-state index is 11.7. The molecule has 0 spiro atoms. The Bertz CT molecular complexity index is 219. The lowest BCUT2D eigenvalue weighted by molar-refractivity contribution is -0.119. The Kier molecular flexibility index (Phi) is 7.98. The van der Waals surface area contributed by atoms with Gasteiger partial charge in [0.1, 0.15) is 5.78 Å².